The average Bonchev–Trinajstić information content (AvgIpc) is 2.93. The van der Waals surface area contributed by atoms with Crippen LogP contribution in [0.15, 0.2) is 54.6 Å². The summed E-state index contributed by atoms with van der Waals surface area (Å²) in [5, 5.41) is 10.8. The van der Waals surface area contributed by atoms with E-state index in [-0.39, 0.29) is 24.8 Å². The Bertz CT molecular complexity index is 971. The highest BCUT2D eigenvalue weighted by molar-refractivity contribution is 6.07. The molecule has 0 aromatic heterocycles. The number of carbonyl (C=O) groups excluding carboxylic acids is 2. The number of esters is 1. The van der Waals surface area contributed by atoms with E-state index in [0.29, 0.717) is 29.9 Å². The van der Waals surface area contributed by atoms with Gasteiger partial charge in [0.2, 0.25) is 0 Å². The van der Waals surface area contributed by atoms with Crippen LogP contribution in [0, 0.1) is 10.1 Å². The number of carbonyl (C=O) groups is 2. The number of hydrogen-bond donors (Lipinski definition) is 1. The Hall–Kier alpha value is -3.72. The number of rotatable bonds is 7. The van der Waals surface area contributed by atoms with Crippen molar-refractivity contribution in [2.45, 2.75) is 13.3 Å². The van der Waals surface area contributed by atoms with E-state index in [1.165, 1.54) is 24.3 Å². The number of anilines is 1. The molecule has 1 aliphatic heterocycles. The maximum Gasteiger partial charge on any atom is 0.334 e. The van der Waals surface area contributed by atoms with E-state index < -0.39 is 10.9 Å². The molecule has 9 nitrogen and oxygen atoms in total. The largest absolute Gasteiger partial charge is 0.464 e. The normalized spacial score (nSPS) is 13.0. The van der Waals surface area contributed by atoms with E-state index >= 15 is 0 Å². The molecule has 0 spiro atoms. The van der Waals surface area contributed by atoms with Gasteiger partial charge in [-0.15, -0.1) is 0 Å². The molecule has 0 bridgehead atoms. The van der Waals surface area contributed by atoms with Gasteiger partial charge < -0.3 is 9.64 Å². The van der Waals surface area contributed by atoms with Crippen molar-refractivity contribution >= 4 is 28.9 Å². The summed E-state index contributed by atoms with van der Waals surface area (Å²) in [4.78, 5) is 41.8. The Labute approximate surface area is 173 Å². The van der Waals surface area contributed by atoms with Crippen LogP contribution in [0.4, 0.5) is 11.4 Å². The van der Waals surface area contributed by atoms with Crippen LogP contribution in [-0.4, -0.2) is 36.6 Å². The molecule has 1 N–H and O–H groups in total. The fourth-order valence-electron chi connectivity index (χ4n) is 3.07. The third kappa shape index (κ3) is 4.81. The Morgan fingerprint density at radius 1 is 1.17 bits per heavy atom. The number of nitrogens with zero attached hydrogens (tertiary/aromatic N) is 2. The zero-order valence-electron chi connectivity index (χ0n) is 16.4. The van der Waals surface area contributed by atoms with Crippen LogP contribution in [-0.2, 0) is 14.4 Å². The molecular weight excluding hydrogens is 390 g/mol. The van der Waals surface area contributed by atoms with Crippen LogP contribution in [0.1, 0.15) is 29.3 Å². The molecule has 0 radical (unpaired) electrons. The molecule has 0 atom stereocenters. The molecule has 3 rings (SSSR count). The summed E-state index contributed by atoms with van der Waals surface area (Å²) in [6.07, 6.45) is 2.42. The van der Waals surface area contributed by atoms with Gasteiger partial charge in [-0.3, -0.25) is 25.2 Å². The highest BCUT2D eigenvalue weighted by Gasteiger charge is 2.24. The number of fused-ring (bicyclic) bond motifs is 1. The van der Waals surface area contributed by atoms with Crippen molar-refractivity contribution in [3.05, 3.63) is 75.8 Å². The van der Waals surface area contributed by atoms with Crippen LogP contribution in [0.2, 0.25) is 0 Å². The molecule has 0 saturated heterocycles. The SMILES string of the molecule is CCOC(=O)CONC1=CCCN(C(=O)c2ccc([N+](=O)[O-])cc2)c2ccccc21. The predicted molar refractivity (Wildman–Crippen MR) is 110 cm³/mol. The van der Waals surface area contributed by atoms with Gasteiger partial charge in [0.05, 0.1) is 22.9 Å². The van der Waals surface area contributed by atoms with Crippen LogP contribution in [0.3, 0.4) is 0 Å². The minimum atomic E-state index is -0.506. The molecule has 0 unspecified atom stereocenters. The van der Waals surface area contributed by atoms with Gasteiger partial charge in [0.1, 0.15) is 0 Å². The lowest BCUT2D eigenvalue weighted by molar-refractivity contribution is -0.384. The number of amides is 1. The summed E-state index contributed by atoms with van der Waals surface area (Å²) in [5.74, 6) is -0.748. The maximum absolute atomic E-state index is 13.1. The second-order valence-electron chi connectivity index (χ2n) is 6.38. The summed E-state index contributed by atoms with van der Waals surface area (Å²) in [5.41, 5.74) is 5.08. The number of nitro groups is 1. The van der Waals surface area contributed by atoms with E-state index in [1.54, 1.807) is 11.8 Å². The lowest BCUT2D eigenvalue weighted by Gasteiger charge is -2.23. The van der Waals surface area contributed by atoms with Crippen LogP contribution >= 0.6 is 0 Å². The number of ether oxygens (including phenoxy) is 1. The number of non-ortho nitro benzene ring substituents is 1. The summed E-state index contributed by atoms with van der Waals surface area (Å²) >= 11 is 0. The minimum absolute atomic E-state index is 0.0743. The highest BCUT2D eigenvalue weighted by atomic mass is 16.7. The molecule has 156 valence electrons. The van der Waals surface area contributed by atoms with Gasteiger partial charge in [-0.2, -0.15) is 0 Å². The number of para-hydroxylation sites is 1. The predicted octanol–water partition coefficient (Wildman–Crippen LogP) is 3.07. The molecule has 0 aliphatic carbocycles. The van der Waals surface area contributed by atoms with Gasteiger partial charge in [-0.05, 0) is 31.5 Å². The molecule has 9 heteroatoms. The van der Waals surface area contributed by atoms with Crippen molar-refractivity contribution < 1.29 is 24.1 Å². The van der Waals surface area contributed by atoms with Crippen LogP contribution in [0.25, 0.3) is 5.70 Å². The van der Waals surface area contributed by atoms with Crippen LogP contribution < -0.4 is 10.4 Å². The fourth-order valence-corrected chi connectivity index (χ4v) is 3.07. The quantitative estimate of drug-likeness (QED) is 0.423. The summed E-state index contributed by atoms with van der Waals surface area (Å²) in [7, 11) is 0. The first-order valence-corrected chi connectivity index (χ1v) is 9.40. The number of nitro benzene ring substituents is 1. The first kappa shape index (κ1) is 21.0. The van der Waals surface area contributed by atoms with Gasteiger partial charge in [-0.1, -0.05) is 24.3 Å². The standard InChI is InChI=1S/C21H21N3O6/c1-2-29-20(25)14-30-22-18-7-5-13-23(19-8-4-3-6-17(18)19)21(26)15-9-11-16(12-10-15)24(27)28/h3-4,6-12,22H,2,5,13-14H2,1H3. The number of hydrogen-bond acceptors (Lipinski definition) is 7. The Kier molecular flexibility index (Phi) is 6.76. The molecule has 30 heavy (non-hydrogen) atoms. The lowest BCUT2D eigenvalue weighted by atomic mass is 10.1. The first-order chi connectivity index (χ1) is 14.5. The lowest BCUT2D eigenvalue weighted by Crippen LogP contribution is -2.32. The Morgan fingerprint density at radius 3 is 2.60 bits per heavy atom. The molecule has 1 amide bonds. The van der Waals surface area contributed by atoms with Gasteiger partial charge in [-0.25, -0.2) is 4.79 Å². The zero-order valence-corrected chi connectivity index (χ0v) is 16.4. The van der Waals surface area contributed by atoms with Crippen molar-refractivity contribution in [3.8, 4) is 0 Å². The molecule has 0 fully saturated rings. The van der Waals surface area contributed by atoms with E-state index in [2.05, 4.69) is 5.48 Å². The summed E-state index contributed by atoms with van der Waals surface area (Å²) in [6, 6.07) is 12.8. The topological polar surface area (TPSA) is 111 Å². The fraction of sp³-hybridized carbons (Fsp3) is 0.238. The molecular formula is C21H21N3O6. The number of hydroxylamine groups is 1. The minimum Gasteiger partial charge on any atom is -0.464 e. The zero-order chi connectivity index (χ0) is 21.5. The summed E-state index contributed by atoms with van der Waals surface area (Å²) < 4.78 is 4.83. The highest BCUT2D eigenvalue weighted by Crippen LogP contribution is 2.30. The summed E-state index contributed by atoms with van der Waals surface area (Å²) in [6.45, 7) is 2.15. The maximum atomic E-state index is 13.1. The molecule has 2 aromatic carbocycles. The van der Waals surface area contributed by atoms with E-state index in [0.717, 1.165) is 5.56 Å². The van der Waals surface area contributed by atoms with Gasteiger partial charge in [0.25, 0.3) is 11.6 Å². The van der Waals surface area contributed by atoms with Crippen molar-refractivity contribution in [1.82, 2.24) is 5.48 Å². The van der Waals surface area contributed by atoms with Crippen molar-refractivity contribution in [2.24, 2.45) is 0 Å². The molecule has 1 heterocycles. The van der Waals surface area contributed by atoms with Gasteiger partial charge >= 0.3 is 5.97 Å². The Morgan fingerprint density at radius 2 is 1.90 bits per heavy atom. The first-order valence-electron chi connectivity index (χ1n) is 9.40. The Balaban J connectivity index is 1.79. The van der Waals surface area contributed by atoms with Crippen LogP contribution in [0.5, 0.6) is 0 Å². The van der Waals surface area contributed by atoms with E-state index in [1.807, 2.05) is 30.3 Å². The average molecular weight is 411 g/mol. The third-order valence-corrected chi connectivity index (χ3v) is 4.43. The van der Waals surface area contributed by atoms with E-state index in [9.17, 15) is 19.7 Å². The molecule has 0 saturated carbocycles. The second-order valence-corrected chi connectivity index (χ2v) is 6.38. The smallest absolute Gasteiger partial charge is 0.334 e. The van der Waals surface area contributed by atoms with Gasteiger partial charge in [0.15, 0.2) is 6.61 Å². The monoisotopic (exact) mass is 411 g/mol. The van der Waals surface area contributed by atoms with Crippen molar-refractivity contribution in [3.63, 3.8) is 0 Å². The molecule has 1 aliphatic rings. The number of benzene rings is 2. The molecule has 2 aromatic rings. The number of nitrogens with one attached hydrogen (secondary N) is 1. The van der Waals surface area contributed by atoms with E-state index in [4.69, 9.17) is 9.57 Å². The third-order valence-electron chi connectivity index (χ3n) is 4.43. The van der Waals surface area contributed by atoms with Crippen molar-refractivity contribution in [2.75, 3.05) is 24.7 Å². The second kappa shape index (κ2) is 9.66. The van der Waals surface area contributed by atoms with Crippen molar-refractivity contribution in [1.29, 1.82) is 0 Å². The van der Waals surface area contributed by atoms with Gasteiger partial charge in [0, 0.05) is 29.8 Å².